The van der Waals surface area contributed by atoms with Gasteiger partial charge in [0.05, 0.1) is 23.7 Å². The Morgan fingerprint density at radius 1 is 1.50 bits per heavy atom. The molecule has 0 aromatic carbocycles. The maximum atomic E-state index is 10.8. The molecule has 0 radical (unpaired) electrons. The summed E-state index contributed by atoms with van der Waals surface area (Å²) < 4.78 is 26.3. The molecule has 0 unspecified atom stereocenters. The Hall–Kier alpha value is -0.130. The maximum Gasteiger partial charge on any atom is 0.155 e. The largest absolute Gasteiger partial charge is 0.389 e. The number of methoxy groups -OCH3 is 1. The van der Waals surface area contributed by atoms with E-state index >= 15 is 0 Å². The lowest BCUT2D eigenvalue weighted by atomic mass is 10.3. The molecular formula is C5H10O4S. The van der Waals surface area contributed by atoms with Gasteiger partial charge in [0.15, 0.2) is 9.84 Å². The highest BCUT2D eigenvalue weighted by molar-refractivity contribution is 7.91. The zero-order chi connectivity index (χ0) is 7.78. The van der Waals surface area contributed by atoms with E-state index in [0.717, 1.165) is 0 Å². The second kappa shape index (κ2) is 2.48. The quantitative estimate of drug-likeness (QED) is 0.531. The molecule has 5 heteroatoms. The molecule has 4 nitrogen and oxygen atoms in total. The third-order valence-corrected chi connectivity index (χ3v) is 3.26. The molecule has 0 amide bonds. The molecule has 1 rings (SSSR count). The predicted molar refractivity (Wildman–Crippen MR) is 35.5 cm³/mol. The number of aliphatic hydroxyl groups excluding tert-OH is 1. The first-order valence-corrected chi connectivity index (χ1v) is 4.78. The van der Waals surface area contributed by atoms with Gasteiger partial charge in [-0.3, -0.25) is 0 Å². The van der Waals surface area contributed by atoms with Crippen LogP contribution < -0.4 is 0 Å². The van der Waals surface area contributed by atoms with Crippen LogP contribution in [-0.2, 0) is 14.6 Å². The van der Waals surface area contributed by atoms with E-state index in [2.05, 4.69) is 0 Å². The van der Waals surface area contributed by atoms with Crippen molar-refractivity contribution in [2.24, 2.45) is 0 Å². The number of hydrogen-bond donors (Lipinski definition) is 1. The number of aliphatic hydroxyl groups is 1. The summed E-state index contributed by atoms with van der Waals surface area (Å²) >= 11 is 0. The van der Waals surface area contributed by atoms with Gasteiger partial charge in [0.25, 0.3) is 0 Å². The van der Waals surface area contributed by atoms with Crippen molar-refractivity contribution >= 4 is 9.84 Å². The van der Waals surface area contributed by atoms with Gasteiger partial charge in [-0.15, -0.1) is 0 Å². The first kappa shape index (κ1) is 7.97. The number of ether oxygens (including phenoxy) is 1. The van der Waals surface area contributed by atoms with Crippen molar-refractivity contribution in [1.29, 1.82) is 0 Å². The maximum absolute atomic E-state index is 10.8. The van der Waals surface area contributed by atoms with Crippen LogP contribution in [0.4, 0.5) is 0 Å². The first-order valence-electron chi connectivity index (χ1n) is 2.96. The highest BCUT2D eigenvalue weighted by atomic mass is 32.2. The Morgan fingerprint density at radius 3 is 2.30 bits per heavy atom. The summed E-state index contributed by atoms with van der Waals surface area (Å²) in [6.07, 6.45) is -1.36. The summed E-state index contributed by atoms with van der Waals surface area (Å²) in [6.45, 7) is 0. The highest BCUT2D eigenvalue weighted by Crippen LogP contribution is 2.14. The smallest absolute Gasteiger partial charge is 0.155 e. The van der Waals surface area contributed by atoms with E-state index in [1.54, 1.807) is 0 Å². The molecule has 0 aromatic rings. The molecule has 10 heavy (non-hydrogen) atoms. The second-order valence-corrected chi connectivity index (χ2v) is 4.57. The summed E-state index contributed by atoms with van der Waals surface area (Å²) in [5.74, 6) is -0.212. The molecule has 1 aliphatic heterocycles. The topological polar surface area (TPSA) is 63.6 Å². The highest BCUT2D eigenvalue weighted by Gasteiger charge is 2.36. The van der Waals surface area contributed by atoms with Crippen LogP contribution in [0.2, 0.25) is 0 Å². The van der Waals surface area contributed by atoms with Crippen LogP contribution in [0.1, 0.15) is 0 Å². The lowest BCUT2D eigenvalue weighted by molar-refractivity contribution is 0.0218. The van der Waals surface area contributed by atoms with Gasteiger partial charge in [0.2, 0.25) is 0 Å². The van der Waals surface area contributed by atoms with Gasteiger partial charge in [0.1, 0.15) is 0 Å². The van der Waals surface area contributed by atoms with Crippen molar-refractivity contribution in [3.8, 4) is 0 Å². The minimum Gasteiger partial charge on any atom is -0.389 e. The van der Waals surface area contributed by atoms with Crippen LogP contribution in [0.3, 0.4) is 0 Å². The van der Waals surface area contributed by atoms with Crippen LogP contribution in [-0.4, -0.2) is 44.3 Å². The molecule has 1 fully saturated rings. The van der Waals surface area contributed by atoms with Gasteiger partial charge in [-0.25, -0.2) is 8.42 Å². The van der Waals surface area contributed by atoms with Crippen molar-refractivity contribution < 1.29 is 18.3 Å². The Balaban J connectivity index is 2.71. The van der Waals surface area contributed by atoms with E-state index in [4.69, 9.17) is 9.84 Å². The molecule has 1 saturated heterocycles. The summed E-state index contributed by atoms with van der Waals surface area (Å²) in [5, 5.41) is 9.02. The summed E-state index contributed by atoms with van der Waals surface area (Å²) in [6, 6.07) is 0. The van der Waals surface area contributed by atoms with Gasteiger partial charge >= 0.3 is 0 Å². The van der Waals surface area contributed by atoms with E-state index in [0.29, 0.717) is 0 Å². The molecular weight excluding hydrogens is 156 g/mol. The van der Waals surface area contributed by atoms with E-state index in [1.807, 2.05) is 0 Å². The summed E-state index contributed by atoms with van der Waals surface area (Å²) in [7, 11) is -1.63. The molecule has 0 spiro atoms. The lowest BCUT2D eigenvalue weighted by Gasteiger charge is -2.08. The average Bonchev–Trinajstić information content (AvgIpc) is 2.05. The normalized spacial score (nSPS) is 38.2. The summed E-state index contributed by atoms with van der Waals surface area (Å²) in [4.78, 5) is 0. The molecule has 0 saturated carbocycles. The van der Waals surface area contributed by atoms with Crippen molar-refractivity contribution in [2.45, 2.75) is 12.2 Å². The van der Waals surface area contributed by atoms with Gasteiger partial charge in [-0.2, -0.15) is 0 Å². The van der Waals surface area contributed by atoms with Gasteiger partial charge < -0.3 is 9.84 Å². The molecule has 0 bridgehead atoms. The van der Waals surface area contributed by atoms with Crippen LogP contribution >= 0.6 is 0 Å². The fourth-order valence-corrected chi connectivity index (χ4v) is 2.75. The lowest BCUT2D eigenvalue weighted by Crippen LogP contribution is -2.25. The number of sulfone groups is 1. The van der Waals surface area contributed by atoms with Crippen molar-refractivity contribution in [3.63, 3.8) is 0 Å². The Kier molecular flexibility index (Phi) is 1.98. The van der Waals surface area contributed by atoms with Gasteiger partial charge in [-0.1, -0.05) is 0 Å². The monoisotopic (exact) mass is 166 g/mol. The third kappa shape index (κ3) is 1.47. The zero-order valence-electron chi connectivity index (χ0n) is 5.65. The van der Waals surface area contributed by atoms with Crippen LogP contribution in [0.25, 0.3) is 0 Å². The van der Waals surface area contributed by atoms with Gasteiger partial charge in [0, 0.05) is 7.11 Å². The van der Waals surface area contributed by atoms with E-state index in [-0.39, 0.29) is 11.5 Å². The fourth-order valence-electron chi connectivity index (χ4n) is 1.02. The Bertz CT molecular complexity index is 208. The minimum atomic E-state index is -3.03. The number of rotatable bonds is 1. The van der Waals surface area contributed by atoms with Crippen LogP contribution in [0.15, 0.2) is 0 Å². The fraction of sp³-hybridized carbons (Fsp3) is 1.00. The molecule has 60 valence electrons. The second-order valence-electron chi connectivity index (χ2n) is 2.42. The van der Waals surface area contributed by atoms with Crippen molar-refractivity contribution in [3.05, 3.63) is 0 Å². The van der Waals surface area contributed by atoms with Crippen molar-refractivity contribution in [2.75, 3.05) is 18.6 Å². The minimum absolute atomic E-state index is 0.0509. The molecule has 1 aliphatic rings. The molecule has 0 aliphatic carbocycles. The SMILES string of the molecule is CO[C@@H]1CS(=O)(=O)C[C@@H]1O. The van der Waals surface area contributed by atoms with Crippen LogP contribution in [0.5, 0.6) is 0 Å². The average molecular weight is 166 g/mol. The van der Waals surface area contributed by atoms with Crippen molar-refractivity contribution in [1.82, 2.24) is 0 Å². The van der Waals surface area contributed by atoms with E-state index in [1.165, 1.54) is 7.11 Å². The van der Waals surface area contributed by atoms with E-state index in [9.17, 15) is 8.42 Å². The summed E-state index contributed by atoms with van der Waals surface area (Å²) in [5.41, 5.74) is 0. The first-order chi connectivity index (χ1) is 4.55. The van der Waals surface area contributed by atoms with E-state index < -0.39 is 22.0 Å². The molecule has 1 N–H and O–H groups in total. The predicted octanol–water partition coefficient (Wildman–Crippen LogP) is -1.21. The Labute approximate surface area is 59.7 Å². The standard InChI is InChI=1S/C5H10O4S/c1-9-5-3-10(7,8)2-4(5)6/h4-6H,2-3H2,1H3/t4-,5+/m0/s1. The van der Waals surface area contributed by atoms with Gasteiger partial charge in [-0.05, 0) is 0 Å². The third-order valence-electron chi connectivity index (χ3n) is 1.57. The molecule has 2 atom stereocenters. The number of hydrogen-bond acceptors (Lipinski definition) is 4. The zero-order valence-corrected chi connectivity index (χ0v) is 6.47. The Morgan fingerprint density at radius 2 is 2.10 bits per heavy atom. The molecule has 0 aromatic heterocycles. The molecule has 1 heterocycles. The van der Waals surface area contributed by atoms with Crippen LogP contribution in [0, 0.1) is 0 Å².